The average Bonchev–Trinajstić information content (AvgIpc) is 0.811. The van der Waals surface area contributed by atoms with Gasteiger partial charge < -0.3 is 8.76 Å². The number of rotatable bonds is 0. The van der Waals surface area contributed by atoms with E-state index in [1.807, 2.05) is 0 Å². The molecule has 0 aliphatic rings. The predicted octanol–water partition coefficient (Wildman–Crippen LogP) is -0.117. The third-order valence-electron chi connectivity index (χ3n) is 0. The quantitative estimate of drug-likeness (QED) is 0.385. The summed E-state index contributed by atoms with van der Waals surface area (Å²) in [6.45, 7) is 0. The molecule has 0 heterocycles. The van der Waals surface area contributed by atoms with Crippen molar-refractivity contribution in [3.63, 3.8) is 0 Å². The zero-order valence-corrected chi connectivity index (χ0v) is 5.77. The van der Waals surface area contributed by atoms with Crippen LogP contribution in [-0.2, 0) is 47.4 Å². The van der Waals surface area contributed by atoms with Crippen LogP contribution in [0, 0.1) is 0 Å². The summed E-state index contributed by atoms with van der Waals surface area (Å²) < 4.78 is 16.3. The van der Waals surface area contributed by atoms with E-state index < -0.39 is 9.64 Å². The minimum atomic E-state index is -2.03. The zero-order valence-electron chi connectivity index (χ0n) is 1.97. The normalized spacial score (nSPS) is 6.80. The van der Waals surface area contributed by atoms with Crippen LogP contribution in [0.2, 0.25) is 0 Å². The van der Waals surface area contributed by atoms with E-state index >= 15 is 0 Å². The van der Waals surface area contributed by atoms with Gasteiger partial charge in [0, 0.05) is 22.4 Å². The topological polar surface area (TPSA) is 37.3 Å². The summed E-state index contributed by atoms with van der Waals surface area (Å²) in [5.74, 6) is 0. The Kier molecular flexibility index (Phi) is 9.55. The van der Waals surface area contributed by atoms with Gasteiger partial charge in [0.25, 0.3) is 0 Å². The molecule has 1 radical (unpaired) electrons. The Hall–Kier alpha value is 1.07. The molecule has 0 unspecified atom stereocenters. The fourth-order valence-corrected chi connectivity index (χ4v) is 0. The minimum absolute atomic E-state index is 0. The van der Waals surface area contributed by atoms with Gasteiger partial charge in [-0.15, -0.1) is 0 Å². The zero-order chi connectivity index (χ0) is 3.58. The van der Waals surface area contributed by atoms with Crippen molar-refractivity contribution in [1.29, 1.82) is 0 Å². The van der Waals surface area contributed by atoms with Crippen LogP contribution in [-0.4, -0.2) is 4.55 Å². The monoisotopic (exact) mass is 294 g/mol. The van der Waals surface area contributed by atoms with E-state index in [0.29, 0.717) is 0 Å². The Morgan fingerprint density at radius 2 is 1.80 bits per heavy atom. The summed E-state index contributed by atoms with van der Waals surface area (Å²) in [6.07, 6.45) is 0. The molecule has 37 valence electrons. The van der Waals surface area contributed by atoms with Gasteiger partial charge in [0.1, 0.15) is 0 Å². The summed E-state index contributed by atoms with van der Waals surface area (Å²) >= 11 is 3.65. The van der Waals surface area contributed by atoms with E-state index in [4.69, 9.17) is 8.76 Å². The fraction of sp³-hybridized carbons (Fsp3) is 0. The molecule has 2 nitrogen and oxygen atoms in total. The average molecular weight is 294 g/mol. The summed E-state index contributed by atoms with van der Waals surface area (Å²) in [5.41, 5.74) is 0. The second-order valence-electron chi connectivity index (χ2n) is 0.217. The van der Waals surface area contributed by atoms with E-state index in [1.165, 1.54) is 0 Å². The molecule has 0 aromatic heterocycles. The van der Waals surface area contributed by atoms with Crippen molar-refractivity contribution in [2.75, 3.05) is 0 Å². The first kappa shape index (κ1) is 9.42. The van der Waals surface area contributed by atoms with Gasteiger partial charge in [0.05, 0.1) is 0 Å². The molecule has 0 aliphatic heterocycles. The Morgan fingerprint density at radius 1 is 1.80 bits per heavy atom. The van der Waals surface area contributed by atoms with Gasteiger partial charge in [-0.1, -0.05) is 9.64 Å². The number of hydrogen-bond acceptors (Lipinski definition) is 3. The largest absolute Gasteiger partial charge is 0.459 e. The maximum atomic E-state index is 8.93. The van der Waals surface area contributed by atoms with Crippen LogP contribution in [0.3, 0.4) is 0 Å². The van der Waals surface area contributed by atoms with Crippen molar-refractivity contribution in [3.05, 3.63) is 0 Å². The predicted molar refractivity (Wildman–Crippen MR) is 18.0 cm³/mol. The molecule has 0 saturated heterocycles. The molecule has 0 aliphatic carbocycles. The third kappa shape index (κ3) is 41.7. The second-order valence-corrected chi connectivity index (χ2v) is 1.51. The van der Waals surface area contributed by atoms with Crippen molar-refractivity contribution >= 4 is 20.8 Å². The van der Waals surface area contributed by atoms with Crippen LogP contribution >= 0.6 is 0 Å². The summed E-state index contributed by atoms with van der Waals surface area (Å²) in [6, 6.07) is 0. The molecule has 5 heteroatoms. The van der Waals surface area contributed by atoms with Crippen LogP contribution in [0.25, 0.3) is 0 Å². The minimum Gasteiger partial charge on any atom is -0.459 e. The van der Waals surface area contributed by atoms with Crippen LogP contribution in [0.4, 0.5) is 0 Å². The molecule has 0 fully saturated rings. The Bertz CT molecular complexity index is 56.0. The first-order valence-electron chi connectivity index (χ1n) is 0.516. The molecule has 0 amide bonds. The van der Waals surface area contributed by atoms with E-state index in [-0.39, 0.29) is 22.4 Å². The second kappa shape index (κ2) is 5.07. The van der Waals surface area contributed by atoms with Gasteiger partial charge >= 0.3 is 0 Å². The first-order valence-corrected chi connectivity index (χ1v) is 2.55. The SMILES string of the molecule is O=[S-](O)=S.[Au]. The van der Waals surface area contributed by atoms with Crippen molar-refractivity contribution in [1.82, 2.24) is 0 Å². The van der Waals surface area contributed by atoms with E-state index in [9.17, 15) is 0 Å². The Labute approximate surface area is 52.0 Å². The van der Waals surface area contributed by atoms with Crippen LogP contribution < -0.4 is 0 Å². The first-order chi connectivity index (χ1) is 1.73. The van der Waals surface area contributed by atoms with Crippen LogP contribution in [0.1, 0.15) is 0 Å². The Morgan fingerprint density at radius 3 is 1.80 bits per heavy atom. The van der Waals surface area contributed by atoms with Crippen molar-refractivity contribution < 1.29 is 31.1 Å². The molecule has 0 aromatic carbocycles. The van der Waals surface area contributed by atoms with Gasteiger partial charge in [-0.05, 0) is 0 Å². The van der Waals surface area contributed by atoms with Crippen molar-refractivity contribution in [3.8, 4) is 0 Å². The molecule has 0 rings (SSSR count). The van der Waals surface area contributed by atoms with Gasteiger partial charge in [0.2, 0.25) is 0 Å². The summed E-state index contributed by atoms with van der Waals surface area (Å²) in [5, 5.41) is 0. The smallest absolute Gasteiger partial charge is 0 e. The molecular weight excluding hydrogens is 293 g/mol. The molecule has 5 heavy (non-hydrogen) atoms. The molecule has 0 spiro atoms. The Balaban J connectivity index is 0. The van der Waals surface area contributed by atoms with Crippen LogP contribution in [0.15, 0.2) is 0 Å². The summed E-state index contributed by atoms with van der Waals surface area (Å²) in [4.78, 5) is 0. The van der Waals surface area contributed by atoms with Gasteiger partial charge in [-0.2, -0.15) is 0 Å². The van der Waals surface area contributed by atoms with E-state index in [1.54, 1.807) is 0 Å². The molecule has 0 aromatic rings. The van der Waals surface area contributed by atoms with Crippen molar-refractivity contribution in [2.45, 2.75) is 0 Å². The maximum absolute atomic E-state index is 8.93. The number of hydrogen-bond donors (Lipinski definition) is 1. The maximum Gasteiger partial charge on any atom is 0 e. The van der Waals surface area contributed by atoms with Gasteiger partial charge in [-0.3, -0.25) is 0 Å². The molecule has 0 saturated carbocycles. The van der Waals surface area contributed by atoms with Crippen LogP contribution in [0.5, 0.6) is 0 Å². The third-order valence-corrected chi connectivity index (χ3v) is 0. The van der Waals surface area contributed by atoms with E-state index in [2.05, 4.69) is 11.2 Å². The standard InChI is InChI=1S/Au.HO2S2/c;1-4(2)3/h;(H,1,2,3)/q;-1. The van der Waals surface area contributed by atoms with E-state index in [0.717, 1.165) is 0 Å². The fourth-order valence-electron chi connectivity index (χ4n) is 0. The van der Waals surface area contributed by atoms with Gasteiger partial charge in [0.15, 0.2) is 0 Å². The molecule has 1 N–H and O–H groups in total. The molecule has 0 bridgehead atoms. The molecule has 0 atom stereocenters. The van der Waals surface area contributed by atoms with Crippen molar-refractivity contribution in [2.24, 2.45) is 0 Å². The molecular formula is HAuO2S2-. The summed E-state index contributed by atoms with van der Waals surface area (Å²) in [7, 11) is -2.03. The van der Waals surface area contributed by atoms with Gasteiger partial charge in [-0.25, -0.2) is 11.2 Å².